The van der Waals surface area contributed by atoms with E-state index in [0.717, 1.165) is 47.2 Å². The number of sulfonamides is 1. The first-order chi connectivity index (χ1) is 19.9. The summed E-state index contributed by atoms with van der Waals surface area (Å²) in [5.74, 6) is 0.290. The smallest absolute Gasteiger partial charge is 0.265 e. The van der Waals surface area contributed by atoms with E-state index in [1.165, 1.54) is 12.1 Å². The number of nitrogens with one attached hydrogen (secondary N) is 2. The molecule has 5 aromatic rings. The van der Waals surface area contributed by atoms with Gasteiger partial charge in [-0.3, -0.25) is 9.59 Å². The summed E-state index contributed by atoms with van der Waals surface area (Å²) in [6.07, 6.45) is 3.56. The van der Waals surface area contributed by atoms with Crippen molar-refractivity contribution in [2.75, 3.05) is 5.32 Å². The zero-order valence-electron chi connectivity index (χ0n) is 22.6. The molecule has 208 valence electrons. The molecule has 5 rings (SSSR count). The number of amides is 2. The average Bonchev–Trinajstić information content (AvgIpc) is 3.33. The van der Waals surface area contributed by atoms with Crippen molar-refractivity contribution in [1.29, 1.82) is 0 Å². The van der Waals surface area contributed by atoms with Crippen LogP contribution in [0.2, 0.25) is 0 Å². The Bertz CT molecular complexity index is 1800. The SMILES string of the molecule is CCCCc1nc2cc(NC=O)ccc2n1Cc1ccc(-c2ccccc2C(=O)NS(=O)(=O)c2ccccc2)cc1. The second-order valence-electron chi connectivity index (χ2n) is 9.67. The van der Waals surface area contributed by atoms with E-state index in [-0.39, 0.29) is 10.5 Å². The van der Waals surface area contributed by atoms with Crippen LogP contribution in [0.25, 0.3) is 22.2 Å². The van der Waals surface area contributed by atoms with Crippen LogP contribution in [0.3, 0.4) is 0 Å². The van der Waals surface area contributed by atoms with Crippen LogP contribution in [0.15, 0.2) is 102 Å². The highest BCUT2D eigenvalue weighted by atomic mass is 32.2. The Labute approximate surface area is 239 Å². The average molecular weight is 567 g/mol. The predicted molar refractivity (Wildman–Crippen MR) is 160 cm³/mol. The van der Waals surface area contributed by atoms with Crippen LogP contribution in [-0.4, -0.2) is 30.3 Å². The van der Waals surface area contributed by atoms with Gasteiger partial charge in [0.2, 0.25) is 6.41 Å². The van der Waals surface area contributed by atoms with Gasteiger partial charge in [0, 0.05) is 24.2 Å². The van der Waals surface area contributed by atoms with Gasteiger partial charge >= 0.3 is 0 Å². The minimum absolute atomic E-state index is 0.0248. The number of aryl methyl sites for hydroxylation is 1. The van der Waals surface area contributed by atoms with Crippen molar-refractivity contribution in [2.24, 2.45) is 0 Å². The fourth-order valence-electron chi connectivity index (χ4n) is 4.78. The number of carbonyl (C=O) groups is 2. The molecule has 1 heterocycles. The first kappa shape index (κ1) is 27.8. The predicted octanol–water partition coefficient (Wildman–Crippen LogP) is 5.78. The number of imidazole rings is 1. The molecule has 2 N–H and O–H groups in total. The van der Waals surface area contributed by atoms with Crippen molar-refractivity contribution in [3.8, 4) is 11.1 Å². The van der Waals surface area contributed by atoms with Gasteiger partial charge in [-0.1, -0.05) is 74.0 Å². The maximum Gasteiger partial charge on any atom is 0.265 e. The third kappa shape index (κ3) is 6.20. The van der Waals surface area contributed by atoms with Crippen LogP contribution in [-0.2, 0) is 27.8 Å². The fraction of sp³-hybridized carbons (Fsp3) is 0.156. The van der Waals surface area contributed by atoms with Gasteiger partial charge in [-0.05, 0) is 59.5 Å². The van der Waals surface area contributed by atoms with Gasteiger partial charge in [-0.2, -0.15) is 0 Å². The minimum Gasteiger partial charge on any atom is -0.329 e. The van der Waals surface area contributed by atoms with Crippen LogP contribution < -0.4 is 10.0 Å². The van der Waals surface area contributed by atoms with E-state index in [9.17, 15) is 18.0 Å². The van der Waals surface area contributed by atoms with Crippen LogP contribution in [0.4, 0.5) is 5.69 Å². The second-order valence-corrected chi connectivity index (χ2v) is 11.4. The first-order valence-corrected chi connectivity index (χ1v) is 14.9. The van der Waals surface area contributed by atoms with Crippen LogP contribution in [0.5, 0.6) is 0 Å². The fourth-order valence-corrected chi connectivity index (χ4v) is 5.77. The van der Waals surface area contributed by atoms with Crippen molar-refractivity contribution in [2.45, 2.75) is 37.6 Å². The summed E-state index contributed by atoms with van der Waals surface area (Å²) in [6, 6.07) is 28.3. The summed E-state index contributed by atoms with van der Waals surface area (Å²) >= 11 is 0. The third-order valence-electron chi connectivity index (χ3n) is 6.86. The molecule has 0 aliphatic rings. The molecule has 0 spiro atoms. The molecular weight excluding hydrogens is 536 g/mol. The summed E-state index contributed by atoms with van der Waals surface area (Å²) in [6.45, 7) is 2.75. The molecule has 0 atom stereocenters. The first-order valence-electron chi connectivity index (χ1n) is 13.4. The molecule has 0 radical (unpaired) electrons. The normalized spacial score (nSPS) is 11.3. The molecule has 0 fully saturated rings. The van der Waals surface area contributed by atoms with E-state index in [1.54, 1.807) is 36.4 Å². The molecule has 2 amide bonds. The van der Waals surface area contributed by atoms with Crippen molar-refractivity contribution < 1.29 is 18.0 Å². The largest absolute Gasteiger partial charge is 0.329 e. The zero-order valence-corrected chi connectivity index (χ0v) is 23.4. The molecule has 0 saturated heterocycles. The molecule has 0 aliphatic heterocycles. The number of anilines is 1. The quantitative estimate of drug-likeness (QED) is 0.197. The van der Waals surface area contributed by atoms with Gasteiger partial charge in [-0.15, -0.1) is 0 Å². The molecule has 41 heavy (non-hydrogen) atoms. The Balaban J connectivity index is 1.41. The monoisotopic (exact) mass is 566 g/mol. The van der Waals surface area contributed by atoms with E-state index in [0.29, 0.717) is 24.2 Å². The Morgan fingerprint density at radius 3 is 2.39 bits per heavy atom. The third-order valence-corrected chi connectivity index (χ3v) is 8.21. The number of rotatable bonds is 11. The van der Waals surface area contributed by atoms with Gasteiger partial charge in [0.25, 0.3) is 15.9 Å². The highest BCUT2D eigenvalue weighted by molar-refractivity contribution is 7.90. The number of unbranched alkanes of at least 4 members (excludes halogenated alkanes) is 1. The maximum absolute atomic E-state index is 13.1. The van der Waals surface area contributed by atoms with E-state index in [1.807, 2.05) is 48.5 Å². The van der Waals surface area contributed by atoms with E-state index >= 15 is 0 Å². The molecule has 8 nitrogen and oxygen atoms in total. The van der Waals surface area contributed by atoms with Gasteiger partial charge in [0.1, 0.15) is 5.82 Å². The summed E-state index contributed by atoms with van der Waals surface area (Å²) in [5, 5.41) is 2.68. The van der Waals surface area contributed by atoms with Crippen molar-refractivity contribution in [3.63, 3.8) is 0 Å². The summed E-state index contributed by atoms with van der Waals surface area (Å²) in [5.41, 5.74) is 5.25. The number of fused-ring (bicyclic) bond motifs is 1. The number of hydrogen-bond acceptors (Lipinski definition) is 5. The van der Waals surface area contributed by atoms with Crippen molar-refractivity contribution >= 4 is 39.1 Å². The summed E-state index contributed by atoms with van der Waals surface area (Å²) in [7, 11) is -4.01. The number of carbonyl (C=O) groups excluding carboxylic acids is 2. The minimum atomic E-state index is -4.01. The lowest BCUT2D eigenvalue weighted by Crippen LogP contribution is -2.30. The molecular formula is C32H30N4O4S. The Morgan fingerprint density at radius 1 is 0.927 bits per heavy atom. The summed E-state index contributed by atoms with van der Waals surface area (Å²) < 4.78 is 29.9. The highest BCUT2D eigenvalue weighted by Gasteiger charge is 2.21. The zero-order chi connectivity index (χ0) is 28.8. The van der Waals surface area contributed by atoms with Crippen LogP contribution in [0.1, 0.15) is 41.5 Å². The highest BCUT2D eigenvalue weighted by Crippen LogP contribution is 2.27. The molecule has 0 aliphatic carbocycles. The van der Waals surface area contributed by atoms with Gasteiger partial charge in [0.05, 0.1) is 15.9 Å². The maximum atomic E-state index is 13.1. The molecule has 0 unspecified atom stereocenters. The number of hydrogen-bond donors (Lipinski definition) is 2. The Kier molecular flexibility index (Phi) is 8.26. The standard InChI is InChI=1S/C32H30N4O4S/c1-2-3-13-31-34-29-20-25(33-22-37)18-19-30(29)36(31)21-23-14-16-24(17-15-23)27-11-7-8-12-28(27)32(38)35-41(39,40)26-9-5-4-6-10-26/h4-12,14-20,22H,2-3,13,21H2,1H3,(H,33,37)(H,35,38). The van der Waals surface area contributed by atoms with E-state index < -0.39 is 15.9 Å². The van der Waals surface area contributed by atoms with E-state index in [4.69, 9.17) is 4.98 Å². The van der Waals surface area contributed by atoms with E-state index in [2.05, 4.69) is 21.5 Å². The Morgan fingerprint density at radius 2 is 1.66 bits per heavy atom. The lowest BCUT2D eigenvalue weighted by Gasteiger charge is -2.13. The van der Waals surface area contributed by atoms with Crippen LogP contribution >= 0.6 is 0 Å². The molecule has 4 aromatic carbocycles. The Hall–Kier alpha value is -4.76. The molecule has 1 aromatic heterocycles. The van der Waals surface area contributed by atoms with Gasteiger partial charge in [0.15, 0.2) is 0 Å². The second kappa shape index (κ2) is 12.2. The van der Waals surface area contributed by atoms with Gasteiger partial charge < -0.3 is 9.88 Å². The van der Waals surface area contributed by atoms with Crippen LogP contribution in [0, 0.1) is 0 Å². The van der Waals surface area contributed by atoms with Gasteiger partial charge in [-0.25, -0.2) is 18.1 Å². The van der Waals surface area contributed by atoms with Crippen molar-refractivity contribution in [1.82, 2.24) is 14.3 Å². The lowest BCUT2D eigenvalue weighted by molar-refractivity contribution is -0.105. The molecule has 0 saturated carbocycles. The summed E-state index contributed by atoms with van der Waals surface area (Å²) in [4.78, 5) is 28.9. The molecule has 9 heteroatoms. The topological polar surface area (TPSA) is 110 Å². The molecule has 0 bridgehead atoms. The lowest BCUT2D eigenvalue weighted by atomic mass is 9.98. The van der Waals surface area contributed by atoms with Crippen molar-refractivity contribution in [3.05, 3.63) is 114 Å². The number of benzene rings is 4. The number of aromatic nitrogens is 2. The number of nitrogens with zero attached hydrogens (tertiary/aromatic N) is 2.